The molecule has 0 radical (unpaired) electrons. The van der Waals surface area contributed by atoms with Crippen LogP contribution in [0.2, 0.25) is 0 Å². The molecule has 1 saturated heterocycles. The van der Waals surface area contributed by atoms with E-state index in [2.05, 4.69) is 30.5 Å². The summed E-state index contributed by atoms with van der Waals surface area (Å²) in [6.45, 7) is 1.60. The fraction of sp³-hybridized carbons (Fsp3) is 0.435. The molecular formula is C23H23F3N6O2S. The summed E-state index contributed by atoms with van der Waals surface area (Å²) < 4.78 is 43.9. The maximum atomic E-state index is 13.0. The van der Waals surface area contributed by atoms with E-state index in [9.17, 15) is 18.0 Å². The van der Waals surface area contributed by atoms with Gasteiger partial charge < -0.3 is 20.0 Å². The molecule has 2 aliphatic rings. The van der Waals surface area contributed by atoms with E-state index in [0.29, 0.717) is 39.1 Å². The predicted molar refractivity (Wildman–Crippen MR) is 129 cm³/mol. The topological polar surface area (TPSA) is 99.1 Å². The number of nitrogens with zero attached hydrogens (tertiary/aromatic N) is 3. The van der Waals surface area contributed by atoms with Crippen LogP contribution in [-0.2, 0) is 6.42 Å². The fourth-order valence-electron chi connectivity index (χ4n) is 5.41. The van der Waals surface area contributed by atoms with Gasteiger partial charge in [-0.05, 0) is 48.9 Å². The number of hydrogen-bond donors (Lipinski definition) is 3. The SMILES string of the molecule is CNc1nc(N2CCC3(CC(Nc4ccc5oc(=O)[nH]c5c4)C3)C2)c2cc(CC(F)(F)F)sc2n1. The van der Waals surface area contributed by atoms with Gasteiger partial charge in [-0.1, -0.05) is 0 Å². The molecule has 3 N–H and O–H groups in total. The van der Waals surface area contributed by atoms with Crippen molar-refractivity contribution in [3.05, 3.63) is 39.7 Å². The van der Waals surface area contributed by atoms with E-state index in [1.165, 1.54) is 0 Å². The maximum Gasteiger partial charge on any atom is 0.417 e. The van der Waals surface area contributed by atoms with Crippen LogP contribution in [-0.4, -0.2) is 47.3 Å². The first-order chi connectivity index (χ1) is 16.7. The number of fused-ring (bicyclic) bond motifs is 2. The second-order valence-corrected chi connectivity index (χ2v) is 10.6. The van der Waals surface area contributed by atoms with Gasteiger partial charge in [-0.2, -0.15) is 18.2 Å². The lowest BCUT2D eigenvalue weighted by molar-refractivity contribution is -0.126. The maximum absolute atomic E-state index is 13.0. The third kappa shape index (κ3) is 4.19. The third-order valence-corrected chi connectivity index (χ3v) is 7.94. The van der Waals surface area contributed by atoms with Crippen molar-refractivity contribution in [3.8, 4) is 0 Å². The monoisotopic (exact) mass is 504 g/mol. The van der Waals surface area contributed by atoms with Crippen molar-refractivity contribution in [1.82, 2.24) is 15.0 Å². The van der Waals surface area contributed by atoms with Gasteiger partial charge in [-0.15, -0.1) is 11.3 Å². The van der Waals surface area contributed by atoms with Crippen LogP contribution in [0.15, 0.2) is 33.5 Å². The first kappa shape index (κ1) is 22.2. The van der Waals surface area contributed by atoms with Crippen molar-refractivity contribution in [2.45, 2.75) is 37.9 Å². The lowest BCUT2D eigenvalue weighted by Crippen LogP contribution is -2.46. The summed E-state index contributed by atoms with van der Waals surface area (Å²) in [5.41, 5.74) is 2.26. The Balaban J connectivity index is 1.18. The quantitative estimate of drug-likeness (QED) is 0.361. The Morgan fingerprint density at radius 3 is 2.89 bits per heavy atom. The molecule has 0 unspecified atom stereocenters. The Labute approximate surface area is 201 Å². The molecule has 1 aliphatic carbocycles. The number of oxazole rings is 1. The third-order valence-electron chi connectivity index (χ3n) is 6.91. The van der Waals surface area contributed by atoms with Crippen molar-refractivity contribution < 1.29 is 17.6 Å². The van der Waals surface area contributed by atoms with E-state index in [-0.39, 0.29) is 10.3 Å². The summed E-state index contributed by atoms with van der Waals surface area (Å²) in [5, 5.41) is 7.15. The van der Waals surface area contributed by atoms with E-state index >= 15 is 0 Å². The van der Waals surface area contributed by atoms with Gasteiger partial charge in [0.05, 0.1) is 17.3 Å². The number of nitrogens with one attached hydrogen (secondary N) is 3. The van der Waals surface area contributed by atoms with Gasteiger partial charge in [0.25, 0.3) is 0 Å². The van der Waals surface area contributed by atoms with Crippen molar-refractivity contribution in [2.75, 3.05) is 35.7 Å². The lowest BCUT2D eigenvalue weighted by atomic mass is 9.65. The molecular weight excluding hydrogens is 481 g/mol. The highest BCUT2D eigenvalue weighted by molar-refractivity contribution is 7.18. The van der Waals surface area contributed by atoms with Crippen LogP contribution in [0.3, 0.4) is 0 Å². The number of benzene rings is 1. The zero-order chi connectivity index (χ0) is 24.4. The number of thiophene rings is 1. The number of hydrogen-bond acceptors (Lipinski definition) is 8. The molecule has 0 bridgehead atoms. The average molecular weight is 505 g/mol. The number of rotatable bonds is 5. The Hall–Kier alpha value is -3.28. The molecule has 4 heterocycles. The predicted octanol–water partition coefficient (Wildman–Crippen LogP) is 4.74. The van der Waals surface area contributed by atoms with Gasteiger partial charge in [0.1, 0.15) is 10.6 Å². The molecule has 2 fully saturated rings. The molecule has 35 heavy (non-hydrogen) atoms. The number of H-pyrrole nitrogens is 1. The van der Waals surface area contributed by atoms with E-state index in [0.717, 1.165) is 49.4 Å². The Morgan fingerprint density at radius 2 is 2.11 bits per heavy atom. The lowest BCUT2D eigenvalue weighted by Gasteiger charge is -2.46. The van der Waals surface area contributed by atoms with Crippen molar-refractivity contribution in [2.24, 2.45) is 5.41 Å². The molecule has 1 spiro atoms. The molecule has 4 aromatic rings. The van der Waals surface area contributed by atoms with Gasteiger partial charge in [-0.25, -0.2) is 9.78 Å². The minimum absolute atomic E-state index is 0.146. The number of alkyl halides is 3. The second-order valence-electron chi connectivity index (χ2n) is 9.49. The number of aromatic amines is 1. The molecule has 1 aliphatic heterocycles. The molecule has 12 heteroatoms. The summed E-state index contributed by atoms with van der Waals surface area (Å²) in [5.74, 6) is 0.642. The Bertz CT molecular complexity index is 1470. The summed E-state index contributed by atoms with van der Waals surface area (Å²) >= 11 is 1.07. The number of aromatic nitrogens is 3. The van der Waals surface area contributed by atoms with Crippen molar-refractivity contribution in [1.29, 1.82) is 0 Å². The van der Waals surface area contributed by atoms with Crippen LogP contribution >= 0.6 is 11.3 Å². The molecule has 8 nitrogen and oxygen atoms in total. The molecule has 6 rings (SSSR count). The van der Waals surface area contributed by atoms with Crippen molar-refractivity contribution in [3.63, 3.8) is 0 Å². The highest BCUT2D eigenvalue weighted by Gasteiger charge is 2.49. The van der Waals surface area contributed by atoms with Crippen LogP contribution in [0.5, 0.6) is 0 Å². The minimum Gasteiger partial charge on any atom is -0.408 e. The zero-order valence-electron chi connectivity index (χ0n) is 18.8. The molecule has 184 valence electrons. The average Bonchev–Trinajstić information content (AvgIpc) is 3.46. The van der Waals surface area contributed by atoms with Crippen LogP contribution in [0.4, 0.5) is 30.6 Å². The summed E-state index contributed by atoms with van der Waals surface area (Å²) in [4.78, 5) is 26.1. The Morgan fingerprint density at radius 1 is 1.29 bits per heavy atom. The highest BCUT2D eigenvalue weighted by Crippen LogP contribution is 2.50. The second kappa shape index (κ2) is 7.87. The highest BCUT2D eigenvalue weighted by atomic mass is 32.1. The molecule has 1 saturated carbocycles. The van der Waals surface area contributed by atoms with Crippen LogP contribution in [0.25, 0.3) is 21.3 Å². The molecule has 0 atom stereocenters. The first-order valence-corrected chi connectivity index (χ1v) is 12.2. The van der Waals surface area contributed by atoms with Crippen LogP contribution < -0.4 is 21.3 Å². The van der Waals surface area contributed by atoms with E-state index in [4.69, 9.17) is 4.42 Å². The van der Waals surface area contributed by atoms with Gasteiger partial charge in [0.2, 0.25) is 5.95 Å². The molecule has 3 aromatic heterocycles. The smallest absolute Gasteiger partial charge is 0.408 e. The molecule has 0 amide bonds. The number of halogens is 3. The standard InChI is InChI=1S/C23H23F3N6O2S/c1-27-20-30-18(15-7-14(10-23(24,25)26)35-19(15)31-20)32-5-4-22(11-32)8-13(9-22)28-12-2-3-17-16(6-12)29-21(33)34-17/h2-3,6-7,13,28H,4-5,8-11H2,1H3,(H,29,33)(H,27,30,31). The first-order valence-electron chi connectivity index (χ1n) is 11.4. The van der Waals surface area contributed by atoms with Crippen molar-refractivity contribution >= 4 is 50.1 Å². The van der Waals surface area contributed by atoms with Gasteiger partial charge in [-0.3, -0.25) is 4.98 Å². The summed E-state index contributed by atoms with van der Waals surface area (Å²) in [6.07, 6.45) is -2.25. The normalized spacial score (nSPS) is 22.3. The number of anilines is 3. The van der Waals surface area contributed by atoms with Crippen LogP contribution in [0, 0.1) is 5.41 Å². The van der Waals surface area contributed by atoms with E-state index in [1.54, 1.807) is 19.2 Å². The van der Waals surface area contributed by atoms with E-state index < -0.39 is 18.4 Å². The summed E-state index contributed by atoms with van der Waals surface area (Å²) in [7, 11) is 1.71. The van der Waals surface area contributed by atoms with Gasteiger partial charge in [0, 0.05) is 36.7 Å². The van der Waals surface area contributed by atoms with Gasteiger partial charge >= 0.3 is 11.9 Å². The van der Waals surface area contributed by atoms with E-state index in [1.807, 2.05) is 12.1 Å². The fourth-order valence-corrected chi connectivity index (χ4v) is 6.46. The largest absolute Gasteiger partial charge is 0.417 e. The molecule has 1 aromatic carbocycles. The minimum atomic E-state index is -4.26. The zero-order valence-corrected chi connectivity index (χ0v) is 19.6. The van der Waals surface area contributed by atoms with Gasteiger partial charge in [0.15, 0.2) is 5.58 Å². The summed E-state index contributed by atoms with van der Waals surface area (Å²) in [6, 6.07) is 7.45. The Kier molecular flexibility index (Phi) is 4.99. The van der Waals surface area contributed by atoms with Crippen LogP contribution in [0.1, 0.15) is 24.1 Å².